The van der Waals surface area contributed by atoms with Gasteiger partial charge in [0.05, 0.1) is 0 Å². The molecule has 2 aliphatic carbocycles. The summed E-state index contributed by atoms with van der Waals surface area (Å²) in [5.74, 6) is 2.13. The van der Waals surface area contributed by atoms with E-state index >= 15 is 0 Å². The Kier molecular flexibility index (Phi) is 2.44. The van der Waals surface area contributed by atoms with E-state index in [1.54, 1.807) is 0 Å². The Bertz CT molecular complexity index is 210. The van der Waals surface area contributed by atoms with Crippen LogP contribution in [0.4, 0.5) is 0 Å². The normalized spacial score (nSPS) is 46.3. The highest BCUT2D eigenvalue weighted by Crippen LogP contribution is 2.59. The predicted molar refractivity (Wildman–Crippen MR) is 62.2 cm³/mol. The van der Waals surface area contributed by atoms with Crippen LogP contribution in [0.3, 0.4) is 0 Å². The summed E-state index contributed by atoms with van der Waals surface area (Å²) in [6.45, 7) is 9.81. The van der Waals surface area contributed by atoms with Crippen LogP contribution in [0.25, 0.3) is 0 Å². The fourth-order valence-electron chi connectivity index (χ4n) is 3.88. The fourth-order valence-corrected chi connectivity index (χ4v) is 3.88. The van der Waals surface area contributed by atoms with Crippen molar-refractivity contribution in [3.05, 3.63) is 0 Å². The summed E-state index contributed by atoms with van der Waals surface area (Å²) in [6.07, 6.45) is 8.89. The van der Waals surface area contributed by atoms with Crippen molar-refractivity contribution in [2.75, 3.05) is 0 Å². The lowest BCUT2D eigenvalue weighted by Gasteiger charge is -2.46. The monoisotopic (exact) mass is 194 g/mol. The highest BCUT2D eigenvalue weighted by Gasteiger charge is 2.48. The highest BCUT2D eigenvalue weighted by atomic mass is 14.5. The van der Waals surface area contributed by atoms with Gasteiger partial charge in [0.15, 0.2) is 0 Å². The first-order chi connectivity index (χ1) is 6.45. The molecule has 0 saturated heterocycles. The van der Waals surface area contributed by atoms with Crippen molar-refractivity contribution in [1.29, 1.82) is 0 Å². The summed E-state index contributed by atoms with van der Waals surface area (Å²) in [4.78, 5) is 0. The van der Waals surface area contributed by atoms with Crippen molar-refractivity contribution in [2.24, 2.45) is 22.7 Å². The van der Waals surface area contributed by atoms with Crippen molar-refractivity contribution < 1.29 is 0 Å². The second-order valence-electron chi connectivity index (χ2n) is 6.94. The fraction of sp³-hybridized carbons (Fsp3) is 1.00. The molecule has 0 heteroatoms. The molecular formula is C14H26. The lowest BCUT2D eigenvalue weighted by atomic mass is 9.59. The molecule has 2 rings (SSSR count). The molecule has 0 amide bonds. The largest absolute Gasteiger partial charge is 0.0651 e. The Morgan fingerprint density at radius 3 is 2.14 bits per heavy atom. The smallest absolute Gasteiger partial charge is 0.0292 e. The van der Waals surface area contributed by atoms with Crippen LogP contribution in [0.2, 0.25) is 0 Å². The zero-order valence-corrected chi connectivity index (χ0v) is 10.4. The van der Waals surface area contributed by atoms with Crippen LogP contribution in [-0.2, 0) is 0 Å². The first-order valence-corrected chi connectivity index (χ1v) is 6.45. The number of rotatable bonds is 2. The van der Waals surface area contributed by atoms with E-state index in [0.29, 0.717) is 10.8 Å². The lowest BCUT2D eigenvalue weighted by molar-refractivity contribution is 0.0436. The summed E-state index contributed by atoms with van der Waals surface area (Å²) in [5, 5.41) is 0. The zero-order valence-electron chi connectivity index (χ0n) is 10.4. The molecule has 0 heterocycles. The second kappa shape index (κ2) is 3.25. The van der Waals surface area contributed by atoms with E-state index in [9.17, 15) is 0 Å². The van der Waals surface area contributed by atoms with Crippen molar-refractivity contribution in [3.63, 3.8) is 0 Å². The molecule has 0 nitrogen and oxygen atoms in total. The van der Waals surface area contributed by atoms with E-state index in [1.165, 1.54) is 38.5 Å². The third kappa shape index (κ3) is 1.73. The van der Waals surface area contributed by atoms with Gasteiger partial charge in [0, 0.05) is 0 Å². The van der Waals surface area contributed by atoms with Crippen LogP contribution in [0.1, 0.15) is 66.2 Å². The Morgan fingerprint density at radius 1 is 1.07 bits per heavy atom. The Hall–Kier alpha value is 0. The second-order valence-corrected chi connectivity index (χ2v) is 6.94. The van der Waals surface area contributed by atoms with E-state index in [2.05, 4.69) is 27.7 Å². The van der Waals surface area contributed by atoms with Crippen molar-refractivity contribution >= 4 is 0 Å². The average molecular weight is 194 g/mol. The van der Waals surface area contributed by atoms with Gasteiger partial charge in [-0.3, -0.25) is 0 Å². The van der Waals surface area contributed by atoms with Gasteiger partial charge in [-0.05, 0) is 54.8 Å². The third-order valence-electron chi connectivity index (χ3n) is 5.05. The van der Waals surface area contributed by atoms with Gasteiger partial charge in [-0.2, -0.15) is 0 Å². The molecule has 0 N–H and O–H groups in total. The SMILES string of the molecule is CCC1CC(C2(C)CCC(C)(C)C2)C1. The molecule has 0 bridgehead atoms. The van der Waals surface area contributed by atoms with E-state index in [1.807, 2.05) is 0 Å². The van der Waals surface area contributed by atoms with E-state index in [-0.39, 0.29) is 0 Å². The minimum absolute atomic E-state index is 0.631. The molecule has 82 valence electrons. The Morgan fingerprint density at radius 2 is 1.71 bits per heavy atom. The van der Waals surface area contributed by atoms with E-state index in [4.69, 9.17) is 0 Å². The number of hydrogen-bond acceptors (Lipinski definition) is 0. The van der Waals surface area contributed by atoms with Gasteiger partial charge in [-0.1, -0.05) is 34.1 Å². The van der Waals surface area contributed by atoms with Crippen LogP contribution in [0, 0.1) is 22.7 Å². The standard InChI is InChI=1S/C14H26/c1-5-11-8-12(9-11)14(4)7-6-13(2,3)10-14/h11-12H,5-10H2,1-4H3. The molecule has 0 aromatic heterocycles. The molecule has 14 heavy (non-hydrogen) atoms. The molecule has 1 atom stereocenters. The van der Waals surface area contributed by atoms with E-state index in [0.717, 1.165) is 11.8 Å². The maximum absolute atomic E-state index is 2.55. The summed E-state index contributed by atoms with van der Waals surface area (Å²) in [5.41, 5.74) is 1.33. The molecule has 0 aliphatic heterocycles. The first kappa shape index (κ1) is 10.5. The highest BCUT2D eigenvalue weighted by molar-refractivity contribution is 4.98. The summed E-state index contributed by atoms with van der Waals surface area (Å²) in [7, 11) is 0. The molecule has 2 aliphatic rings. The molecular weight excluding hydrogens is 168 g/mol. The van der Waals surface area contributed by atoms with Gasteiger partial charge in [0.1, 0.15) is 0 Å². The van der Waals surface area contributed by atoms with Crippen LogP contribution in [0.15, 0.2) is 0 Å². The third-order valence-corrected chi connectivity index (χ3v) is 5.05. The summed E-state index contributed by atoms with van der Waals surface area (Å²) in [6, 6.07) is 0. The van der Waals surface area contributed by atoms with Gasteiger partial charge in [0.25, 0.3) is 0 Å². The summed E-state index contributed by atoms with van der Waals surface area (Å²) < 4.78 is 0. The van der Waals surface area contributed by atoms with Gasteiger partial charge in [0.2, 0.25) is 0 Å². The van der Waals surface area contributed by atoms with Gasteiger partial charge in [-0.25, -0.2) is 0 Å². The van der Waals surface area contributed by atoms with Gasteiger partial charge in [-0.15, -0.1) is 0 Å². The van der Waals surface area contributed by atoms with Crippen LogP contribution < -0.4 is 0 Å². The average Bonchev–Trinajstić information content (AvgIpc) is 2.24. The Labute approximate surface area is 89.5 Å². The zero-order chi connectivity index (χ0) is 10.4. The lowest BCUT2D eigenvalue weighted by Crippen LogP contribution is -2.36. The molecule has 0 aromatic rings. The quantitative estimate of drug-likeness (QED) is 0.601. The topological polar surface area (TPSA) is 0 Å². The van der Waals surface area contributed by atoms with Gasteiger partial charge < -0.3 is 0 Å². The van der Waals surface area contributed by atoms with Gasteiger partial charge >= 0.3 is 0 Å². The van der Waals surface area contributed by atoms with Crippen molar-refractivity contribution in [2.45, 2.75) is 66.2 Å². The molecule has 0 aromatic carbocycles. The van der Waals surface area contributed by atoms with E-state index < -0.39 is 0 Å². The predicted octanol–water partition coefficient (Wildman–Crippen LogP) is 4.64. The van der Waals surface area contributed by atoms with Crippen LogP contribution in [-0.4, -0.2) is 0 Å². The van der Waals surface area contributed by atoms with Crippen molar-refractivity contribution in [3.8, 4) is 0 Å². The molecule has 2 saturated carbocycles. The van der Waals surface area contributed by atoms with Crippen LogP contribution >= 0.6 is 0 Å². The molecule has 0 radical (unpaired) electrons. The Balaban J connectivity index is 1.93. The maximum atomic E-state index is 2.55. The molecule has 2 fully saturated rings. The van der Waals surface area contributed by atoms with Crippen LogP contribution in [0.5, 0.6) is 0 Å². The molecule has 1 unspecified atom stereocenters. The minimum atomic E-state index is 0.631. The number of hydrogen-bond donors (Lipinski definition) is 0. The first-order valence-electron chi connectivity index (χ1n) is 6.45. The molecule has 0 spiro atoms. The minimum Gasteiger partial charge on any atom is -0.0651 e. The van der Waals surface area contributed by atoms with Crippen molar-refractivity contribution in [1.82, 2.24) is 0 Å². The summed E-state index contributed by atoms with van der Waals surface area (Å²) >= 11 is 0. The maximum Gasteiger partial charge on any atom is -0.0292 e.